The minimum Gasteiger partial charge on any atom is -0.512 e. The Morgan fingerprint density at radius 1 is 1.23 bits per heavy atom. The van der Waals surface area contributed by atoms with E-state index in [1.165, 1.54) is 0 Å². The van der Waals surface area contributed by atoms with Gasteiger partial charge in [-0.15, -0.1) is 0 Å². The third kappa shape index (κ3) is 2.18. The van der Waals surface area contributed by atoms with Gasteiger partial charge >= 0.3 is 0 Å². The molecule has 1 aromatic rings. The Morgan fingerprint density at radius 3 is 2.68 bits per heavy atom. The van der Waals surface area contributed by atoms with Gasteiger partial charge in [0.05, 0.1) is 25.1 Å². The van der Waals surface area contributed by atoms with Crippen molar-refractivity contribution in [3.63, 3.8) is 0 Å². The van der Waals surface area contributed by atoms with Crippen molar-refractivity contribution in [3.8, 4) is 0 Å². The fourth-order valence-corrected chi connectivity index (χ4v) is 4.30. The molecule has 4 rings (SSSR count). The van der Waals surface area contributed by atoms with Gasteiger partial charge in [-0.3, -0.25) is 0 Å². The van der Waals surface area contributed by atoms with Gasteiger partial charge in [0.2, 0.25) is 0 Å². The molecule has 4 heteroatoms. The molecule has 1 saturated heterocycles. The molecule has 0 aromatic heterocycles. The Balaban J connectivity index is 1.44. The quantitative estimate of drug-likeness (QED) is 0.842. The lowest BCUT2D eigenvalue weighted by atomic mass is 9.69. The molecule has 2 N–H and O–H groups in total. The molecular formula is C18H22O4. The molecule has 0 radical (unpaired) electrons. The summed E-state index contributed by atoms with van der Waals surface area (Å²) in [6.07, 6.45) is 3.51. The highest BCUT2D eigenvalue weighted by atomic mass is 16.7. The first-order valence-electron chi connectivity index (χ1n) is 8.08. The predicted octanol–water partition coefficient (Wildman–Crippen LogP) is 2.43. The monoisotopic (exact) mass is 302 g/mol. The summed E-state index contributed by atoms with van der Waals surface area (Å²) in [6, 6.07) is 10.0. The first-order chi connectivity index (χ1) is 10.7. The standard InChI is InChI=1S/C18H22O4/c19-16(7-6-12-4-2-1-3-5-12)13-10-15-14(17(13)20)11-18(15)21-8-9-22-18/h1-5,7,13-15,17,19-20H,6,8-11H2/t13-,14+,15-,17?/m0/s1. The van der Waals surface area contributed by atoms with Crippen LogP contribution in [-0.4, -0.2) is 35.3 Å². The van der Waals surface area contributed by atoms with Crippen LogP contribution in [0.15, 0.2) is 42.2 Å². The van der Waals surface area contributed by atoms with Crippen molar-refractivity contribution in [1.82, 2.24) is 0 Å². The molecule has 0 amide bonds. The molecule has 1 heterocycles. The summed E-state index contributed by atoms with van der Waals surface area (Å²) in [4.78, 5) is 0. The zero-order valence-electron chi connectivity index (χ0n) is 12.5. The summed E-state index contributed by atoms with van der Waals surface area (Å²) in [7, 11) is 0. The van der Waals surface area contributed by atoms with E-state index in [2.05, 4.69) is 0 Å². The summed E-state index contributed by atoms with van der Waals surface area (Å²) in [6.45, 7) is 1.28. The minimum absolute atomic E-state index is 0.189. The Bertz CT molecular complexity index is 562. The topological polar surface area (TPSA) is 58.9 Å². The molecule has 22 heavy (non-hydrogen) atoms. The lowest BCUT2D eigenvalue weighted by Crippen LogP contribution is -2.54. The maximum absolute atomic E-state index is 10.5. The first kappa shape index (κ1) is 14.2. The number of benzene rings is 1. The molecule has 3 fully saturated rings. The minimum atomic E-state index is -0.490. The van der Waals surface area contributed by atoms with Crippen molar-refractivity contribution < 1.29 is 19.7 Å². The summed E-state index contributed by atoms with van der Waals surface area (Å²) < 4.78 is 11.5. The average Bonchev–Trinajstić information content (AvgIpc) is 3.12. The number of hydrogen-bond acceptors (Lipinski definition) is 4. The second-order valence-corrected chi connectivity index (χ2v) is 6.63. The van der Waals surface area contributed by atoms with E-state index in [1.54, 1.807) is 0 Å². The second kappa shape index (κ2) is 5.37. The lowest BCUT2D eigenvalue weighted by molar-refractivity contribution is -0.275. The summed E-state index contributed by atoms with van der Waals surface area (Å²) >= 11 is 0. The van der Waals surface area contributed by atoms with Crippen LogP contribution in [0, 0.1) is 17.8 Å². The van der Waals surface area contributed by atoms with Crippen LogP contribution >= 0.6 is 0 Å². The number of aliphatic hydroxyl groups is 2. The van der Waals surface area contributed by atoms with Gasteiger partial charge in [0.25, 0.3) is 0 Å². The van der Waals surface area contributed by atoms with Gasteiger partial charge in [0, 0.05) is 18.3 Å². The number of ether oxygens (including phenoxy) is 2. The zero-order chi connectivity index (χ0) is 15.2. The largest absolute Gasteiger partial charge is 0.512 e. The smallest absolute Gasteiger partial charge is 0.172 e. The Morgan fingerprint density at radius 2 is 1.95 bits per heavy atom. The van der Waals surface area contributed by atoms with Crippen molar-refractivity contribution >= 4 is 0 Å². The van der Waals surface area contributed by atoms with Gasteiger partial charge in [-0.05, 0) is 30.4 Å². The van der Waals surface area contributed by atoms with Crippen LogP contribution in [0.2, 0.25) is 0 Å². The Hall–Kier alpha value is -1.36. The fourth-order valence-electron chi connectivity index (χ4n) is 4.30. The molecule has 118 valence electrons. The summed E-state index contributed by atoms with van der Waals surface area (Å²) in [5.74, 6) is 0.0440. The van der Waals surface area contributed by atoms with Crippen LogP contribution in [0.25, 0.3) is 0 Å². The highest BCUT2D eigenvalue weighted by molar-refractivity contribution is 5.20. The predicted molar refractivity (Wildman–Crippen MR) is 81.2 cm³/mol. The van der Waals surface area contributed by atoms with Crippen LogP contribution in [0.3, 0.4) is 0 Å². The van der Waals surface area contributed by atoms with Crippen LogP contribution in [0.5, 0.6) is 0 Å². The number of fused-ring (bicyclic) bond motifs is 2. The van der Waals surface area contributed by atoms with Crippen molar-refractivity contribution in [2.45, 2.75) is 31.2 Å². The molecule has 1 spiro atoms. The summed E-state index contributed by atoms with van der Waals surface area (Å²) in [5.41, 5.74) is 1.16. The van der Waals surface area contributed by atoms with Crippen molar-refractivity contribution in [2.24, 2.45) is 17.8 Å². The van der Waals surface area contributed by atoms with Crippen molar-refractivity contribution in [2.75, 3.05) is 13.2 Å². The van der Waals surface area contributed by atoms with Crippen LogP contribution in [-0.2, 0) is 15.9 Å². The fraction of sp³-hybridized carbons (Fsp3) is 0.556. The molecule has 2 aliphatic carbocycles. The van der Waals surface area contributed by atoms with Crippen LogP contribution < -0.4 is 0 Å². The zero-order valence-corrected chi connectivity index (χ0v) is 12.5. The average molecular weight is 302 g/mol. The highest BCUT2D eigenvalue weighted by Gasteiger charge is 2.65. The number of allylic oxidation sites excluding steroid dienone is 1. The molecule has 1 unspecified atom stereocenters. The van der Waals surface area contributed by atoms with Crippen molar-refractivity contribution in [3.05, 3.63) is 47.7 Å². The van der Waals surface area contributed by atoms with Crippen molar-refractivity contribution in [1.29, 1.82) is 0 Å². The normalized spacial score (nSPS) is 36.3. The Kier molecular flexibility index (Phi) is 3.48. The van der Waals surface area contributed by atoms with E-state index in [9.17, 15) is 10.2 Å². The highest BCUT2D eigenvalue weighted by Crippen LogP contribution is 2.59. The number of rotatable bonds is 3. The number of hydrogen-bond donors (Lipinski definition) is 2. The SMILES string of the molecule is OC(=CCc1ccccc1)[C@@H]1C[C@H]2[C@@H](CC23OCCO3)C1O. The van der Waals surface area contributed by atoms with E-state index < -0.39 is 11.9 Å². The maximum Gasteiger partial charge on any atom is 0.172 e. The molecule has 3 aliphatic rings. The number of aliphatic hydroxyl groups excluding tert-OH is 2. The van der Waals surface area contributed by atoms with E-state index >= 15 is 0 Å². The van der Waals surface area contributed by atoms with E-state index in [4.69, 9.17) is 9.47 Å². The molecule has 4 atom stereocenters. The molecule has 4 nitrogen and oxygen atoms in total. The van der Waals surface area contributed by atoms with Gasteiger partial charge in [-0.25, -0.2) is 0 Å². The third-order valence-corrected chi connectivity index (χ3v) is 5.51. The molecule has 0 bridgehead atoms. The maximum atomic E-state index is 10.5. The van der Waals surface area contributed by atoms with E-state index in [0.717, 1.165) is 18.4 Å². The Labute approximate surface area is 130 Å². The van der Waals surface area contributed by atoms with E-state index in [0.29, 0.717) is 25.4 Å². The van der Waals surface area contributed by atoms with Crippen LogP contribution in [0.4, 0.5) is 0 Å². The third-order valence-electron chi connectivity index (χ3n) is 5.51. The summed E-state index contributed by atoms with van der Waals surface area (Å²) in [5, 5.41) is 20.9. The van der Waals surface area contributed by atoms with Gasteiger partial charge in [0.1, 0.15) is 0 Å². The van der Waals surface area contributed by atoms with Gasteiger partial charge in [-0.2, -0.15) is 0 Å². The van der Waals surface area contributed by atoms with Gasteiger partial charge in [-0.1, -0.05) is 30.3 Å². The molecule has 1 aromatic carbocycles. The van der Waals surface area contributed by atoms with E-state index in [-0.39, 0.29) is 17.8 Å². The molecule has 1 aliphatic heterocycles. The molecule has 2 saturated carbocycles. The van der Waals surface area contributed by atoms with E-state index in [1.807, 2.05) is 36.4 Å². The van der Waals surface area contributed by atoms with Crippen LogP contribution in [0.1, 0.15) is 18.4 Å². The van der Waals surface area contributed by atoms with Gasteiger partial charge < -0.3 is 19.7 Å². The molecular weight excluding hydrogens is 280 g/mol. The first-order valence-corrected chi connectivity index (χ1v) is 8.08. The lowest BCUT2D eigenvalue weighted by Gasteiger charge is -2.48. The van der Waals surface area contributed by atoms with Gasteiger partial charge in [0.15, 0.2) is 5.79 Å². The second-order valence-electron chi connectivity index (χ2n) is 6.63.